The van der Waals surface area contributed by atoms with E-state index in [9.17, 15) is 17.4 Å². The lowest BCUT2D eigenvalue weighted by atomic mass is 10.1. The van der Waals surface area contributed by atoms with E-state index in [4.69, 9.17) is 0 Å². The maximum atomic E-state index is 13.7. The molecule has 2 unspecified atom stereocenters. The molecule has 0 bridgehead atoms. The van der Waals surface area contributed by atoms with Crippen LogP contribution in [0.5, 0.6) is 0 Å². The predicted octanol–water partition coefficient (Wildman–Crippen LogP) is 7.69. The van der Waals surface area contributed by atoms with Gasteiger partial charge in [-0.25, -0.2) is 8.93 Å². The lowest BCUT2D eigenvalue weighted by Gasteiger charge is -2.22. The zero-order valence-electron chi connectivity index (χ0n) is 19.6. The minimum Gasteiger partial charge on any atom is -0.360 e. The van der Waals surface area contributed by atoms with Gasteiger partial charge in [-0.2, -0.15) is 13.2 Å². The minimum atomic E-state index is -4.54. The molecule has 0 saturated carbocycles. The summed E-state index contributed by atoms with van der Waals surface area (Å²) in [6.07, 6.45) is -3.30. The SMILES string of the molecule is CC.CC.Cc1cc(C)c(S(=O)NC(Cc2c[nH]c3c(Br)cccc23)C(F)(F)F)c(C)c1. The topological polar surface area (TPSA) is 44.9 Å². The first-order valence-corrected chi connectivity index (χ1v) is 12.6. The molecule has 2 atom stereocenters. The van der Waals surface area contributed by atoms with Crippen LogP contribution in [0.3, 0.4) is 0 Å². The van der Waals surface area contributed by atoms with Crippen LogP contribution in [0.15, 0.2) is 45.9 Å². The number of fused-ring (bicyclic) bond motifs is 1. The third-order valence-corrected chi connectivity index (χ3v) is 6.78. The van der Waals surface area contributed by atoms with Crippen molar-refractivity contribution < 1.29 is 17.4 Å². The van der Waals surface area contributed by atoms with Crippen molar-refractivity contribution in [1.29, 1.82) is 0 Å². The molecule has 3 rings (SSSR count). The molecule has 32 heavy (non-hydrogen) atoms. The molecule has 3 aromatic rings. The molecule has 3 nitrogen and oxygen atoms in total. The highest BCUT2D eigenvalue weighted by atomic mass is 79.9. The van der Waals surface area contributed by atoms with E-state index in [2.05, 4.69) is 25.6 Å². The zero-order chi connectivity index (χ0) is 24.6. The Morgan fingerprint density at radius 1 is 1.06 bits per heavy atom. The number of hydrogen-bond acceptors (Lipinski definition) is 1. The van der Waals surface area contributed by atoms with Gasteiger partial charge in [0, 0.05) is 16.1 Å². The molecule has 0 radical (unpaired) electrons. The summed E-state index contributed by atoms with van der Waals surface area (Å²) in [6.45, 7) is 13.4. The smallest absolute Gasteiger partial charge is 0.360 e. The number of benzene rings is 2. The molecule has 1 heterocycles. The van der Waals surface area contributed by atoms with Gasteiger partial charge in [-0.15, -0.1) is 0 Å². The summed E-state index contributed by atoms with van der Waals surface area (Å²) in [5, 5.41) is 0.707. The largest absolute Gasteiger partial charge is 0.405 e. The van der Waals surface area contributed by atoms with Crippen molar-refractivity contribution in [3.05, 3.63) is 63.3 Å². The summed E-state index contributed by atoms with van der Waals surface area (Å²) in [4.78, 5) is 3.41. The van der Waals surface area contributed by atoms with Crippen LogP contribution in [0.2, 0.25) is 0 Å². The molecule has 0 spiro atoms. The number of rotatable bonds is 5. The molecular weight excluding hydrogens is 501 g/mol. The Labute approximate surface area is 199 Å². The van der Waals surface area contributed by atoms with Crippen LogP contribution in [0.25, 0.3) is 10.9 Å². The Bertz CT molecular complexity index is 1020. The monoisotopic (exact) mass is 532 g/mol. The standard InChI is InChI=1S/C20H20BrF3N2OS.2C2H6/c1-11-7-12(2)19(13(3)8-11)28(27)26-17(20(22,23)24)9-14-10-25-18-15(14)5-4-6-16(18)21;2*1-2/h4-8,10,17,25-26H,9H2,1-3H3;2*1-2H3. The van der Waals surface area contributed by atoms with Crippen LogP contribution in [0.4, 0.5) is 13.2 Å². The maximum Gasteiger partial charge on any atom is 0.405 e. The second-order valence-electron chi connectivity index (χ2n) is 6.89. The molecule has 1 aromatic heterocycles. The van der Waals surface area contributed by atoms with Gasteiger partial charge in [0.1, 0.15) is 17.0 Å². The van der Waals surface area contributed by atoms with Crippen molar-refractivity contribution in [1.82, 2.24) is 9.71 Å². The Morgan fingerprint density at radius 2 is 1.62 bits per heavy atom. The summed E-state index contributed by atoms with van der Waals surface area (Å²) in [6, 6.07) is 7.07. The lowest BCUT2D eigenvalue weighted by Crippen LogP contribution is -2.44. The molecule has 8 heteroatoms. The average Bonchev–Trinajstić information content (AvgIpc) is 3.13. The van der Waals surface area contributed by atoms with E-state index >= 15 is 0 Å². The molecule has 0 amide bonds. The fourth-order valence-electron chi connectivity index (χ4n) is 3.44. The lowest BCUT2D eigenvalue weighted by molar-refractivity contribution is -0.150. The van der Waals surface area contributed by atoms with Crippen LogP contribution >= 0.6 is 15.9 Å². The van der Waals surface area contributed by atoms with E-state index in [1.807, 2.05) is 52.8 Å². The number of H-pyrrole nitrogens is 1. The van der Waals surface area contributed by atoms with Crippen LogP contribution in [0, 0.1) is 20.8 Å². The second-order valence-corrected chi connectivity index (χ2v) is 8.92. The summed E-state index contributed by atoms with van der Waals surface area (Å²) in [5.74, 6) is 0. The predicted molar refractivity (Wildman–Crippen MR) is 132 cm³/mol. The highest BCUT2D eigenvalue weighted by Crippen LogP contribution is 2.30. The number of halogens is 4. The van der Waals surface area contributed by atoms with Gasteiger partial charge >= 0.3 is 6.18 Å². The fourth-order valence-corrected chi connectivity index (χ4v) is 5.21. The van der Waals surface area contributed by atoms with E-state index in [0.717, 1.165) is 15.6 Å². The second kappa shape index (κ2) is 12.6. The van der Waals surface area contributed by atoms with E-state index in [1.165, 1.54) is 0 Å². The third kappa shape index (κ3) is 6.93. The summed E-state index contributed by atoms with van der Waals surface area (Å²) >= 11 is 3.39. The molecule has 178 valence electrons. The first kappa shape index (κ1) is 28.4. The first-order chi connectivity index (χ1) is 15.1. The van der Waals surface area contributed by atoms with Crippen molar-refractivity contribution in [3.8, 4) is 0 Å². The van der Waals surface area contributed by atoms with Gasteiger partial charge in [0.15, 0.2) is 0 Å². The van der Waals surface area contributed by atoms with E-state index in [-0.39, 0.29) is 6.42 Å². The van der Waals surface area contributed by atoms with Gasteiger partial charge in [0.25, 0.3) is 0 Å². The molecule has 2 N–H and O–H groups in total. The van der Waals surface area contributed by atoms with Crippen molar-refractivity contribution >= 4 is 37.8 Å². The number of aromatic amines is 1. The van der Waals surface area contributed by atoms with Gasteiger partial charge < -0.3 is 4.98 Å². The zero-order valence-corrected chi connectivity index (χ0v) is 22.0. The number of aromatic nitrogens is 1. The Hall–Kier alpha value is -1.64. The number of nitrogens with one attached hydrogen (secondary N) is 2. The van der Waals surface area contributed by atoms with E-state index in [1.54, 1.807) is 32.2 Å². The quantitative estimate of drug-likeness (QED) is 0.347. The van der Waals surface area contributed by atoms with Crippen LogP contribution in [0.1, 0.15) is 49.9 Å². The van der Waals surface area contributed by atoms with Crippen LogP contribution in [-0.4, -0.2) is 21.4 Å². The van der Waals surface area contributed by atoms with Crippen molar-refractivity contribution in [2.75, 3.05) is 0 Å². The summed E-state index contributed by atoms with van der Waals surface area (Å²) in [5.41, 5.74) is 3.65. The Morgan fingerprint density at radius 3 is 2.16 bits per heavy atom. The molecular formula is C24H32BrF3N2OS. The fraction of sp³-hybridized carbons (Fsp3) is 0.417. The average molecular weight is 533 g/mol. The van der Waals surface area contributed by atoms with Gasteiger partial charge in [0.2, 0.25) is 0 Å². The summed E-state index contributed by atoms with van der Waals surface area (Å²) in [7, 11) is -1.98. The number of alkyl halides is 3. The van der Waals surface area contributed by atoms with Gasteiger partial charge in [0.05, 0.1) is 10.4 Å². The Kier molecular flexibility index (Phi) is 11.1. The number of aryl methyl sites for hydroxylation is 3. The molecule has 0 aliphatic rings. The normalized spacial score (nSPS) is 13.0. The molecule has 0 aliphatic carbocycles. The third-order valence-electron chi connectivity index (χ3n) is 4.61. The maximum absolute atomic E-state index is 13.7. The Balaban J connectivity index is 0.00000121. The molecule has 2 aromatic carbocycles. The van der Waals surface area contributed by atoms with Gasteiger partial charge in [-0.05, 0) is 65.9 Å². The minimum absolute atomic E-state index is 0.324. The van der Waals surface area contributed by atoms with Gasteiger partial charge in [-0.3, -0.25) is 0 Å². The number of para-hydroxylation sites is 1. The molecule has 0 saturated heterocycles. The van der Waals surface area contributed by atoms with Crippen molar-refractivity contribution in [3.63, 3.8) is 0 Å². The molecule has 0 aliphatic heterocycles. The van der Waals surface area contributed by atoms with Crippen LogP contribution < -0.4 is 4.72 Å². The highest BCUT2D eigenvalue weighted by molar-refractivity contribution is 9.10. The van der Waals surface area contributed by atoms with Gasteiger partial charge in [-0.1, -0.05) is 57.5 Å². The first-order valence-electron chi connectivity index (χ1n) is 10.6. The van der Waals surface area contributed by atoms with Crippen LogP contribution in [-0.2, 0) is 17.4 Å². The highest BCUT2D eigenvalue weighted by Gasteiger charge is 2.41. The van der Waals surface area contributed by atoms with Crippen molar-refractivity contribution in [2.24, 2.45) is 0 Å². The number of hydrogen-bond donors (Lipinski definition) is 2. The van der Waals surface area contributed by atoms with E-state index < -0.39 is 23.2 Å². The summed E-state index contributed by atoms with van der Waals surface area (Å²) < 4.78 is 57.0. The molecule has 0 fully saturated rings. The van der Waals surface area contributed by atoms with E-state index in [0.29, 0.717) is 27.0 Å². The van der Waals surface area contributed by atoms with Crippen molar-refractivity contribution in [2.45, 2.75) is 72.0 Å².